The molecule has 0 heterocycles. The van der Waals surface area contributed by atoms with E-state index in [2.05, 4.69) is 26.1 Å². The van der Waals surface area contributed by atoms with Crippen LogP contribution in [0.1, 0.15) is 32.4 Å². The first kappa shape index (κ1) is 12.5. The average Bonchev–Trinajstić information content (AvgIpc) is 2.14. The molecular formula is C12H18ClNO. The molecule has 3 heteroatoms. The van der Waals surface area contributed by atoms with Crippen molar-refractivity contribution in [3.63, 3.8) is 0 Å². The highest BCUT2D eigenvalue weighted by Crippen LogP contribution is 2.22. The lowest BCUT2D eigenvalue weighted by Crippen LogP contribution is -2.38. The number of aliphatic hydroxyl groups is 1. The second-order valence-electron chi connectivity index (χ2n) is 4.67. The van der Waals surface area contributed by atoms with E-state index in [1.54, 1.807) is 6.07 Å². The SMILES string of the molecule is CC(C)(C)NC[C@@H](O)c1ccccc1Cl. The molecule has 0 aliphatic heterocycles. The lowest BCUT2D eigenvalue weighted by atomic mass is 10.1. The van der Waals surface area contributed by atoms with Crippen LogP contribution in [-0.4, -0.2) is 17.2 Å². The van der Waals surface area contributed by atoms with Crippen molar-refractivity contribution in [1.29, 1.82) is 0 Å². The van der Waals surface area contributed by atoms with E-state index in [9.17, 15) is 5.11 Å². The Kier molecular flexibility index (Phi) is 4.14. The van der Waals surface area contributed by atoms with Crippen LogP contribution < -0.4 is 5.32 Å². The highest BCUT2D eigenvalue weighted by Gasteiger charge is 2.15. The van der Waals surface area contributed by atoms with Gasteiger partial charge in [0.1, 0.15) is 0 Å². The molecule has 0 saturated heterocycles. The third kappa shape index (κ3) is 4.20. The molecule has 0 amide bonds. The summed E-state index contributed by atoms with van der Waals surface area (Å²) in [5, 5.41) is 13.8. The maximum Gasteiger partial charge on any atom is 0.0928 e. The van der Waals surface area contributed by atoms with Gasteiger partial charge in [0.2, 0.25) is 0 Å². The van der Waals surface area contributed by atoms with Crippen LogP contribution in [0.2, 0.25) is 5.02 Å². The molecule has 1 rings (SSSR count). The van der Waals surface area contributed by atoms with Crippen LogP contribution in [0.4, 0.5) is 0 Å². The molecule has 0 unspecified atom stereocenters. The average molecular weight is 228 g/mol. The van der Waals surface area contributed by atoms with E-state index in [1.165, 1.54) is 0 Å². The topological polar surface area (TPSA) is 32.3 Å². The Labute approximate surface area is 96.3 Å². The maximum atomic E-state index is 9.92. The quantitative estimate of drug-likeness (QED) is 0.833. The summed E-state index contributed by atoms with van der Waals surface area (Å²) in [6, 6.07) is 7.37. The predicted molar refractivity (Wildman–Crippen MR) is 64.2 cm³/mol. The van der Waals surface area contributed by atoms with Crippen molar-refractivity contribution < 1.29 is 5.11 Å². The maximum absolute atomic E-state index is 9.92. The van der Waals surface area contributed by atoms with Gasteiger partial charge in [-0.05, 0) is 26.8 Å². The molecule has 0 aromatic heterocycles. The largest absolute Gasteiger partial charge is 0.387 e. The van der Waals surface area contributed by atoms with Crippen LogP contribution >= 0.6 is 11.6 Å². The molecule has 2 nitrogen and oxygen atoms in total. The van der Waals surface area contributed by atoms with E-state index < -0.39 is 6.10 Å². The van der Waals surface area contributed by atoms with Crippen LogP contribution in [0, 0.1) is 0 Å². The first-order valence-corrected chi connectivity index (χ1v) is 5.45. The van der Waals surface area contributed by atoms with Crippen molar-refractivity contribution in [2.24, 2.45) is 0 Å². The van der Waals surface area contributed by atoms with Crippen molar-refractivity contribution in [3.05, 3.63) is 34.9 Å². The lowest BCUT2D eigenvalue weighted by Gasteiger charge is -2.23. The third-order valence-corrected chi connectivity index (χ3v) is 2.43. The summed E-state index contributed by atoms with van der Waals surface area (Å²) >= 11 is 5.98. The normalized spacial score (nSPS) is 13.9. The van der Waals surface area contributed by atoms with E-state index in [4.69, 9.17) is 11.6 Å². The highest BCUT2D eigenvalue weighted by atomic mass is 35.5. The lowest BCUT2D eigenvalue weighted by molar-refractivity contribution is 0.163. The third-order valence-electron chi connectivity index (χ3n) is 2.09. The molecule has 15 heavy (non-hydrogen) atoms. The monoisotopic (exact) mass is 227 g/mol. The van der Waals surface area contributed by atoms with Gasteiger partial charge in [-0.1, -0.05) is 29.8 Å². The van der Waals surface area contributed by atoms with Gasteiger partial charge in [0, 0.05) is 22.7 Å². The molecule has 0 saturated carbocycles. The Hall–Kier alpha value is -0.570. The zero-order valence-electron chi connectivity index (χ0n) is 9.42. The summed E-state index contributed by atoms with van der Waals surface area (Å²) in [5.74, 6) is 0. The van der Waals surface area contributed by atoms with E-state index in [1.807, 2.05) is 18.2 Å². The molecule has 0 fully saturated rings. The Morgan fingerprint density at radius 1 is 1.33 bits per heavy atom. The van der Waals surface area contributed by atoms with Gasteiger partial charge in [-0.2, -0.15) is 0 Å². The second kappa shape index (κ2) is 4.97. The number of hydrogen-bond donors (Lipinski definition) is 2. The van der Waals surface area contributed by atoms with Crippen molar-refractivity contribution in [2.45, 2.75) is 32.4 Å². The van der Waals surface area contributed by atoms with Crippen molar-refractivity contribution in [2.75, 3.05) is 6.54 Å². The Morgan fingerprint density at radius 2 is 1.93 bits per heavy atom. The van der Waals surface area contributed by atoms with Crippen LogP contribution in [0.15, 0.2) is 24.3 Å². The van der Waals surface area contributed by atoms with Crippen LogP contribution in [-0.2, 0) is 0 Å². The van der Waals surface area contributed by atoms with Gasteiger partial charge in [0.15, 0.2) is 0 Å². The molecular weight excluding hydrogens is 210 g/mol. The number of benzene rings is 1. The van der Waals surface area contributed by atoms with Gasteiger partial charge in [-0.15, -0.1) is 0 Å². The fourth-order valence-corrected chi connectivity index (χ4v) is 1.52. The number of hydrogen-bond acceptors (Lipinski definition) is 2. The van der Waals surface area contributed by atoms with Gasteiger partial charge in [-0.3, -0.25) is 0 Å². The first-order chi connectivity index (χ1) is 6.90. The smallest absolute Gasteiger partial charge is 0.0928 e. The van der Waals surface area contributed by atoms with Crippen LogP contribution in [0.3, 0.4) is 0 Å². The number of nitrogens with one attached hydrogen (secondary N) is 1. The Morgan fingerprint density at radius 3 is 2.47 bits per heavy atom. The molecule has 0 aliphatic rings. The van der Waals surface area contributed by atoms with Gasteiger partial charge >= 0.3 is 0 Å². The van der Waals surface area contributed by atoms with Crippen molar-refractivity contribution in [1.82, 2.24) is 5.32 Å². The molecule has 2 N–H and O–H groups in total. The number of β-amino-alcohol motifs (C(OH)–C–C–N with tert-alkyl or cyclic N) is 1. The minimum Gasteiger partial charge on any atom is -0.387 e. The summed E-state index contributed by atoms with van der Waals surface area (Å²) in [7, 11) is 0. The predicted octanol–water partition coefficient (Wildman–Crippen LogP) is 2.76. The fraction of sp³-hybridized carbons (Fsp3) is 0.500. The minimum absolute atomic E-state index is 0.00222. The minimum atomic E-state index is -0.557. The molecule has 1 aromatic carbocycles. The standard InChI is InChI=1S/C12H18ClNO/c1-12(2,3)14-8-11(15)9-6-4-5-7-10(9)13/h4-7,11,14-15H,8H2,1-3H3/t11-/m1/s1. The second-order valence-corrected chi connectivity index (χ2v) is 5.08. The summed E-state index contributed by atoms with van der Waals surface area (Å²) in [6.45, 7) is 6.69. The summed E-state index contributed by atoms with van der Waals surface area (Å²) in [5.41, 5.74) is 0.776. The number of halogens is 1. The summed E-state index contributed by atoms with van der Waals surface area (Å²) in [6.07, 6.45) is -0.557. The molecule has 0 spiro atoms. The van der Waals surface area contributed by atoms with E-state index in [0.29, 0.717) is 11.6 Å². The number of aliphatic hydroxyl groups excluding tert-OH is 1. The van der Waals surface area contributed by atoms with Gasteiger partial charge in [-0.25, -0.2) is 0 Å². The van der Waals surface area contributed by atoms with Crippen LogP contribution in [0.5, 0.6) is 0 Å². The summed E-state index contributed by atoms with van der Waals surface area (Å²) < 4.78 is 0. The van der Waals surface area contributed by atoms with E-state index >= 15 is 0 Å². The highest BCUT2D eigenvalue weighted by molar-refractivity contribution is 6.31. The van der Waals surface area contributed by atoms with E-state index in [0.717, 1.165) is 5.56 Å². The van der Waals surface area contributed by atoms with Gasteiger partial charge in [0.05, 0.1) is 6.10 Å². The summed E-state index contributed by atoms with van der Waals surface area (Å²) in [4.78, 5) is 0. The molecule has 0 radical (unpaired) electrons. The molecule has 0 aliphatic carbocycles. The Bertz CT molecular complexity index is 320. The van der Waals surface area contributed by atoms with E-state index in [-0.39, 0.29) is 5.54 Å². The van der Waals surface area contributed by atoms with Gasteiger partial charge < -0.3 is 10.4 Å². The fourth-order valence-electron chi connectivity index (χ4n) is 1.26. The van der Waals surface area contributed by atoms with Crippen molar-refractivity contribution in [3.8, 4) is 0 Å². The van der Waals surface area contributed by atoms with Crippen molar-refractivity contribution >= 4 is 11.6 Å². The molecule has 0 bridgehead atoms. The van der Waals surface area contributed by atoms with Crippen LogP contribution in [0.25, 0.3) is 0 Å². The Balaban J connectivity index is 2.62. The molecule has 1 atom stereocenters. The number of rotatable bonds is 3. The molecule has 1 aromatic rings. The molecule has 84 valence electrons. The van der Waals surface area contributed by atoms with Gasteiger partial charge in [0.25, 0.3) is 0 Å². The zero-order chi connectivity index (χ0) is 11.5. The zero-order valence-corrected chi connectivity index (χ0v) is 10.2. The first-order valence-electron chi connectivity index (χ1n) is 5.08.